The first-order valence-electron chi connectivity index (χ1n) is 2.68. The van der Waals surface area contributed by atoms with Gasteiger partial charge in [0.15, 0.2) is 0 Å². The molecular formula is C5H13ClN2O. The average molecular weight is 153 g/mol. The predicted octanol–water partition coefficient (Wildman–Crippen LogP) is -0.122. The van der Waals surface area contributed by atoms with E-state index in [-0.39, 0.29) is 24.2 Å². The number of carbonyl (C=O) groups is 1. The fourth-order valence-electron chi connectivity index (χ4n) is 0.392. The summed E-state index contributed by atoms with van der Waals surface area (Å²) in [5.41, 5.74) is 10.1. The molecule has 0 bridgehead atoms. The Bertz CT molecular complexity index is 87.0. The van der Waals surface area contributed by atoms with Gasteiger partial charge >= 0.3 is 0 Å². The quantitative estimate of drug-likeness (QED) is 0.592. The van der Waals surface area contributed by atoms with Crippen molar-refractivity contribution >= 4 is 18.3 Å². The molecule has 4 N–H and O–H groups in total. The Labute approximate surface area is 61.2 Å². The van der Waals surface area contributed by atoms with Crippen molar-refractivity contribution in [2.45, 2.75) is 13.3 Å². The van der Waals surface area contributed by atoms with Gasteiger partial charge in [0.2, 0.25) is 5.91 Å². The van der Waals surface area contributed by atoms with Crippen molar-refractivity contribution in [1.29, 1.82) is 0 Å². The number of hydrogen-bond donors (Lipinski definition) is 2. The predicted molar refractivity (Wildman–Crippen MR) is 39.3 cm³/mol. The van der Waals surface area contributed by atoms with E-state index in [0.29, 0.717) is 13.0 Å². The van der Waals surface area contributed by atoms with Gasteiger partial charge in [0.1, 0.15) is 0 Å². The van der Waals surface area contributed by atoms with Gasteiger partial charge < -0.3 is 11.5 Å². The molecule has 0 spiro atoms. The minimum atomic E-state index is -0.268. The lowest BCUT2D eigenvalue weighted by Gasteiger charge is -2.01. The summed E-state index contributed by atoms with van der Waals surface area (Å²) in [5.74, 6) is -0.338. The zero-order valence-corrected chi connectivity index (χ0v) is 6.28. The summed E-state index contributed by atoms with van der Waals surface area (Å²) < 4.78 is 0. The zero-order valence-electron chi connectivity index (χ0n) is 5.46. The first kappa shape index (κ1) is 11.5. The number of primary amides is 1. The Morgan fingerprint density at radius 3 is 2.22 bits per heavy atom. The molecule has 1 atom stereocenters. The van der Waals surface area contributed by atoms with Crippen LogP contribution in [0.2, 0.25) is 0 Å². The molecule has 0 heterocycles. The van der Waals surface area contributed by atoms with Crippen molar-refractivity contribution in [3.05, 3.63) is 0 Å². The molecule has 0 aromatic rings. The lowest BCUT2D eigenvalue weighted by atomic mass is 10.1. The topological polar surface area (TPSA) is 69.1 Å². The van der Waals surface area contributed by atoms with Crippen molar-refractivity contribution < 1.29 is 4.79 Å². The van der Waals surface area contributed by atoms with E-state index >= 15 is 0 Å². The van der Waals surface area contributed by atoms with Crippen molar-refractivity contribution in [1.82, 2.24) is 0 Å². The Balaban J connectivity index is 0. The molecule has 1 unspecified atom stereocenters. The van der Waals surface area contributed by atoms with Gasteiger partial charge in [-0.15, -0.1) is 12.4 Å². The molecule has 56 valence electrons. The first-order chi connectivity index (χ1) is 3.68. The number of rotatable bonds is 3. The molecule has 0 aromatic carbocycles. The summed E-state index contributed by atoms with van der Waals surface area (Å²) in [6.45, 7) is 2.30. The van der Waals surface area contributed by atoms with Gasteiger partial charge in [-0.25, -0.2) is 0 Å². The first-order valence-corrected chi connectivity index (χ1v) is 2.68. The summed E-state index contributed by atoms with van der Waals surface area (Å²) >= 11 is 0. The highest BCUT2D eigenvalue weighted by molar-refractivity contribution is 5.85. The fourth-order valence-corrected chi connectivity index (χ4v) is 0.392. The van der Waals surface area contributed by atoms with E-state index in [0.717, 1.165) is 0 Å². The summed E-state index contributed by atoms with van der Waals surface area (Å²) in [4.78, 5) is 10.3. The van der Waals surface area contributed by atoms with E-state index in [4.69, 9.17) is 11.5 Å². The molecule has 1 amide bonds. The third kappa shape index (κ3) is 5.59. The molecule has 0 fully saturated rings. The lowest BCUT2D eigenvalue weighted by Crippen LogP contribution is -2.22. The lowest BCUT2D eigenvalue weighted by molar-refractivity contribution is -0.121. The largest absolute Gasteiger partial charge is 0.369 e. The van der Waals surface area contributed by atoms with E-state index < -0.39 is 0 Å². The summed E-state index contributed by atoms with van der Waals surface area (Å²) in [6.07, 6.45) is 0.690. The summed E-state index contributed by atoms with van der Waals surface area (Å²) in [6, 6.07) is 0. The highest BCUT2D eigenvalue weighted by atomic mass is 35.5. The van der Waals surface area contributed by atoms with Crippen molar-refractivity contribution in [2.24, 2.45) is 17.4 Å². The Kier molecular flexibility index (Phi) is 7.48. The van der Waals surface area contributed by atoms with Gasteiger partial charge in [-0.05, 0) is 13.0 Å². The van der Waals surface area contributed by atoms with Crippen molar-refractivity contribution in [2.75, 3.05) is 6.54 Å². The minimum Gasteiger partial charge on any atom is -0.369 e. The number of hydrogen-bond acceptors (Lipinski definition) is 2. The van der Waals surface area contributed by atoms with Crippen LogP contribution in [0.3, 0.4) is 0 Å². The molecule has 0 aliphatic heterocycles. The molecule has 0 saturated carbocycles. The van der Waals surface area contributed by atoms with Crippen LogP contribution in [0.5, 0.6) is 0 Å². The minimum absolute atomic E-state index is 0. The van der Waals surface area contributed by atoms with Gasteiger partial charge in [-0.3, -0.25) is 4.79 Å². The molecule has 4 heteroatoms. The standard InChI is InChI=1S/C5H12N2O.ClH/c1-4(2-3-6)5(7)8;/h4H,2-3,6H2,1H3,(H2,7,8);1H. The second kappa shape index (κ2) is 5.85. The van der Waals surface area contributed by atoms with Crippen LogP contribution < -0.4 is 11.5 Å². The third-order valence-electron chi connectivity index (χ3n) is 1.09. The van der Waals surface area contributed by atoms with Crippen LogP contribution in [-0.2, 0) is 4.79 Å². The van der Waals surface area contributed by atoms with Crippen LogP contribution in [-0.4, -0.2) is 12.5 Å². The zero-order chi connectivity index (χ0) is 6.57. The van der Waals surface area contributed by atoms with Gasteiger partial charge in [0, 0.05) is 5.92 Å². The number of carbonyl (C=O) groups excluding carboxylic acids is 1. The van der Waals surface area contributed by atoms with Crippen LogP contribution in [0, 0.1) is 5.92 Å². The van der Waals surface area contributed by atoms with Crippen LogP contribution in [0.4, 0.5) is 0 Å². The average Bonchev–Trinajstić information content (AvgIpc) is 1.67. The number of halogens is 1. The monoisotopic (exact) mass is 152 g/mol. The Morgan fingerprint density at radius 2 is 2.11 bits per heavy atom. The normalized spacial score (nSPS) is 11.8. The van der Waals surface area contributed by atoms with Crippen molar-refractivity contribution in [3.63, 3.8) is 0 Å². The smallest absolute Gasteiger partial charge is 0.220 e. The van der Waals surface area contributed by atoms with E-state index in [9.17, 15) is 4.79 Å². The molecule has 0 aromatic heterocycles. The molecule has 0 aliphatic carbocycles. The molecule has 0 aliphatic rings. The Morgan fingerprint density at radius 1 is 1.67 bits per heavy atom. The molecular weight excluding hydrogens is 140 g/mol. The highest BCUT2D eigenvalue weighted by Crippen LogP contribution is 1.95. The van der Waals surface area contributed by atoms with Crippen LogP contribution in [0.25, 0.3) is 0 Å². The molecule has 0 saturated heterocycles. The molecule has 9 heavy (non-hydrogen) atoms. The van der Waals surface area contributed by atoms with Crippen LogP contribution >= 0.6 is 12.4 Å². The van der Waals surface area contributed by atoms with Gasteiger partial charge in [0.05, 0.1) is 0 Å². The maximum absolute atomic E-state index is 10.3. The fraction of sp³-hybridized carbons (Fsp3) is 0.800. The van der Waals surface area contributed by atoms with Gasteiger partial charge in [-0.1, -0.05) is 6.92 Å². The SMILES string of the molecule is CC(CCN)C(N)=O.Cl. The second-order valence-corrected chi connectivity index (χ2v) is 1.88. The maximum atomic E-state index is 10.3. The van der Waals surface area contributed by atoms with E-state index in [1.807, 2.05) is 0 Å². The number of amides is 1. The summed E-state index contributed by atoms with van der Waals surface area (Å²) in [5, 5.41) is 0. The molecule has 3 nitrogen and oxygen atoms in total. The molecule has 0 rings (SSSR count). The van der Waals surface area contributed by atoms with E-state index in [2.05, 4.69) is 0 Å². The Hall–Kier alpha value is -0.280. The molecule has 0 radical (unpaired) electrons. The van der Waals surface area contributed by atoms with Crippen LogP contribution in [0.15, 0.2) is 0 Å². The second-order valence-electron chi connectivity index (χ2n) is 1.88. The highest BCUT2D eigenvalue weighted by Gasteiger charge is 2.04. The van der Waals surface area contributed by atoms with E-state index in [1.54, 1.807) is 6.92 Å². The van der Waals surface area contributed by atoms with Gasteiger partial charge in [0.25, 0.3) is 0 Å². The van der Waals surface area contributed by atoms with Gasteiger partial charge in [-0.2, -0.15) is 0 Å². The third-order valence-corrected chi connectivity index (χ3v) is 1.09. The maximum Gasteiger partial charge on any atom is 0.220 e. The van der Waals surface area contributed by atoms with Crippen LogP contribution in [0.1, 0.15) is 13.3 Å². The summed E-state index contributed by atoms with van der Waals surface area (Å²) in [7, 11) is 0. The van der Waals surface area contributed by atoms with E-state index in [1.165, 1.54) is 0 Å². The van der Waals surface area contributed by atoms with Crippen molar-refractivity contribution in [3.8, 4) is 0 Å². The number of nitrogens with two attached hydrogens (primary N) is 2.